The first kappa shape index (κ1) is 19.9. The van der Waals surface area contributed by atoms with E-state index in [1.165, 1.54) is 0 Å². The van der Waals surface area contributed by atoms with Gasteiger partial charge in [-0.3, -0.25) is 9.89 Å². The van der Waals surface area contributed by atoms with Crippen LogP contribution in [0.3, 0.4) is 0 Å². The zero-order valence-corrected chi connectivity index (χ0v) is 16.4. The lowest BCUT2D eigenvalue weighted by molar-refractivity contribution is 0.0950. The van der Waals surface area contributed by atoms with Gasteiger partial charge in [0, 0.05) is 5.56 Å². The van der Waals surface area contributed by atoms with Crippen molar-refractivity contribution in [2.75, 3.05) is 20.8 Å². The maximum Gasteiger partial charge on any atom is 0.289 e. The maximum absolute atomic E-state index is 12.3. The number of benzene rings is 2. The van der Waals surface area contributed by atoms with Crippen molar-refractivity contribution in [1.82, 2.24) is 15.6 Å². The fourth-order valence-electron chi connectivity index (χ4n) is 2.63. The molecular formula is C21H22N4O4. The van der Waals surface area contributed by atoms with Crippen LogP contribution in [0.5, 0.6) is 17.2 Å². The van der Waals surface area contributed by atoms with E-state index in [9.17, 15) is 4.79 Å². The number of nitrogens with zero attached hydrogens (tertiary/aromatic N) is 2. The van der Waals surface area contributed by atoms with Gasteiger partial charge in [-0.2, -0.15) is 10.2 Å². The molecule has 1 aromatic heterocycles. The quantitative estimate of drug-likeness (QED) is 0.451. The van der Waals surface area contributed by atoms with Crippen LogP contribution in [-0.2, 0) is 0 Å². The molecule has 8 nitrogen and oxygen atoms in total. The highest BCUT2D eigenvalue weighted by Crippen LogP contribution is 2.32. The number of ether oxygens (including phenoxy) is 3. The van der Waals surface area contributed by atoms with Crippen LogP contribution < -0.4 is 19.6 Å². The Hall–Kier alpha value is -3.81. The highest BCUT2D eigenvalue weighted by molar-refractivity contribution is 5.94. The number of aromatic nitrogens is 2. The molecular weight excluding hydrogens is 372 g/mol. The van der Waals surface area contributed by atoms with Gasteiger partial charge in [0.2, 0.25) is 0 Å². The van der Waals surface area contributed by atoms with Crippen LogP contribution in [0.1, 0.15) is 23.0 Å². The molecule has 0 unspecified atom stereocenters. The number of aromatic amines is 1. The predicted octanol–water partition coefficient (Wildman–Crippen LogP) is 3.26. The summed E-state index contributed by atoms with van der Waals surface area (Å²) in [5.74, 6) is 1.66. The summed E-state index contributed by atoms with van der Waals surface area (Å²) in [4.78, 5) is 12.3. The molecule has 0 spiro atoms. The number of carbonyl (C=O) groups excluding carboxylic acids is 1. The minimum Gasteiger partial charge on any atom is -0.497 e. The lowest BCUT2D eigenvalue weighted by Gasteiger charge is -2.08. The third kappa shape index (κ3) is 4.92. The van der Waals surface area contributed by atoms with Crippen LogP contribution in [-0.4, -0.2) is 43.1 Å². The molecule has 2 aromatic carbocycles. The first-order chi connectivity index (χ1) is 14.1. The van der Waals surface area contributed by atoms with E-state index in [4.69, 9.17) is 14.2 Å². The largest absolute Gasteiger partial charge is 0.497 e. The van der Waals surface area contributed by atoms with E-state index >= 15 is 0 Å². The molecule has 0 fully saturated rings. The van der Waals surface area contributed by atoms with Crippen LogP contribution in [0.4, 0.5) is 0 Å². The third-order valence-corrected chi connectivity index (χ3v) is 4.08. The molecule has 0 bridgehead atoms. The van der Waals surface area contributed by atoms with Gasteiger partial charge in [0.25, 0.3) is 5.91 Å². The molecule has 0 aliphatic carbocycles. The summed E-state index contributed by atoms with van der Waals surface area (Å²) in [6.45, 7) is 2.54. The van der Waals surface area contributed by atoms with Crippen LogP contribution in [0.25, 0.3) is 11.3 Å². The average molecular weight is 394 g/mol. The van der Waals surface area contributed by atoms with Crippen molar-refractivity contribution in [3.05, 3.63) is 59.8 Å². The molecule has 0 atom stereocenters. The van der Waals surface area contributed by atoms with E-state index < -0.39 is 5.91 Å². The van der Waals surface area contributed by atoms with Gasteiger partial charge in [-0.25, -0.2) is 5.43 Å². The lowest BCUT2D eigenvalue weighted by Crippen LogP contribution is -2.17. The van der Waals surface area contributed by atoms with Gasteiger partial charge in [0.1, 0.15) is 22.9 Å². The van der Waals surface area contributed by atoms with Crippen molar-refractivity contribution in [2.45, 2.75) is 6.92 Å². The Bertz CT molecular complexity index is 996. The molecule has 1 amide bonds. The number of hydrogen-bond donors (Lipinski definition) is 2. The molecule has 0 saturated heterocycles. The van der Waals surface area contributed by atoms with Gasteiger partial charge in [0.05, 0.1) is 32.7 Å². The first-order valence-electron chi connectivity index (χ1n) is 8.98. The third-order valence-electron chi connectivity index (χ3n) is 4.08. The smallest absolute Gasteiger partial charge is 0.289 e. The fourth-order valence-corrected chi connectivity index (χ4v) is 2.63. The minimum absolute atomic E-state index is 0.272. The number of rotatable bonds is 8. The van der Waals surface area contributed by atoms with Gasteiger partial charge >= 0.3 is 0 Å². The summed E-state index contributed by atoms with van der Waals surface area (Å²) in [5.41, 5.74) is 4.85. The summed E-state index contributed by atoms with van der Waals surface area (Å²) in [6.07, 6.45) is 1.55. The minimum atomic E-state index is -0.409. The number of hydrazone groups is 1. The highest BCUT2D eigenvalue weighted by Gasteiger charge is 2.14. The second-order valence-corrected chi connectivity index (χ2v) is 5.93. The molecule has 8 heteroatoms. The Morgan fingerprint density at radius 1 is 1.10 bits per heavy atom. The Morgan fingerprint density at radius 2 is 1.86 bits per heavy atom. The molecule has 0 aliphatic rings. The van der Waals surface area contributed by atoms with Crippen molar-refractivity contribution < 1.29 is 19.0 Å². The van der Waals surface area contributed by atoms with Crippen molar-refractivity contribution in [2.24, 2.45) is 5.10 Å². The van der Waals surface area contributed by atoms with Gasteiger partial charge in [-0.1, -0.05) is 0 Å². The van der Waals surface area contributed by atoms with Crippen molar-refractivity contribution in [3.63, 3.8) is 0 Å². The van der Waals surface area contributed by atoms with Gasteiger partial charge in [0.15, 0.2) is 0 Å². The number of methoxy groups -OCH3 is 2. The maximum atomic E-state index is 12.3. The molecule has 3 rings (SSSR count). The van der Waals surface area contributed by atoms with Gasteiger partial charge < -0.3 is 14.2 Å². The molecule has 150 valence electrons. The molecule has 3 aromatic rings. The van der Waals surface area contributed by atoms with E-state index in [0.717, 1.165) is 11.3 Å². The summed E-state index contributed by atoms with van der Waals surface area (Å²) < 4.78 is 16.0. The Balaban J connectivity index is 1.68. The van der Waals surface area contributed by atoms with E-state index in [-0.39, 0.29) is 5.69 Å². The molecule has 0 saturated carbocycles. The molecule has 0 aliphatic heterocycles. The standard InChI is InChI=1S/C21H22N4O4/c1-4-29-15-7-5-14(6-8-15)13-22-25-21(26)19-12-18(23-24-19)17-11-16(27-2)9-10-20(17)28-3/h5-13H,4H2,1-3H3,(H,23,24)(H,25,26)/b22-13-. The van der Waals surface area contributed by atoms with Crippen LogP contribution in [0.15, 0.2) is 53.6 Å². The predicted molar refractivity (Wildman–Crippen MR) is 110 cm³/mol. The fraction of sp³-hybridized carbons (Fsp3) is 0.190. The first-order valence-corrected chi connectivity index (χ1v) is 8.98. The van der Waals surface area contributed by atoms with Gasteiger partial charge in [-0.15, -0.1) is 0 Å². The van der Waals surface area contributed by atoms with Crippen LogP contribution in [0.2, 0.25) is 0 Å². The van der Waals surface area contributed by atoms with Crippen molar-refractivity contribution in [3.8, 4) is 28.5 Å². The Labute approximate surface area is 168 Å². The second-order valence-electron chi connectivity index (χ2n) is 5.93. The number of hydrogen-bond acceptors (Lipinski definition) is 6. The van der Waals surface area contributed by atoms with E-state index in [0.29, 0.717) is 29.4 Å². The van der Waals surface area contributed by atoms with E-state index in [1.54, 1.807) is 44.7 Å². The molecule has 29 heavy (non-hydrogen) atoms. The summed E-state index contributed by atoms with van der Waals surface area (Å²) >= 11 is 0. The topological polar surface area (TPSA) is 97.8 Å². The van der Waals surface area contributed by atoms with Crippen LogP contribution >= 0.6 is 0 Å². The zero-order valence-electron chi connectivity index (χ0n) is 16.4. The zero-order chi connectivity index (χ0) is 20.6. The Morgan fingerprint density at radius 3 is 2.55 bits per heavy atom. The molecule has 1 heterocycles. The van der Waals surface area contributed by atoms with Crippen molar-refractivity contribution >= 4 is 12.1 Å². The lowest BCUT2D eigenvalue weighted by atomic mass is 10.1. The summed E-state index contributed by atoms with van der Waals surface area (Å²) in [6, 6.07) is 14.4. The van der Waals surface area contributed by atoms with E-state index in [1.807, 2.05) is 31.2 Å². The average Bonchev–Trinajstić information content (AvgIpc) is 3.25. The second kappa shape index (κ2) is 9.41. The van der Waals surface area contributed by atoms with E-state index in [2.05, 4.69) is 20.7 Å². The summed E-state index contributed by atoms with van der Waals surface area (Å²) in [7, 11) is 3.15. The SMILES string of the molecule is CCOc1ccc(/C=N\NC(=O)c2cc(-c3cc(OC)ccc3OC)n[nH]2)cc1. The normalized spacial score (nSPS) is 10.7. The number of amides is 1. The number of nitrogens with one attached hydrogen (secondary N) is 2. The number of H-pyrrole nitrogens is 1. The Kier molecular flexibility index (Phi) is 6.47. The summed E-state index contributed by atoms with van der Waals surface area (Å²) in [5, 5.41) is 10.9. The van der Waals surface area contributed by atoms with Crippen LogP contribution in [0, 0.1) is 0 Å². The van der Waals surface area contributed by atoms with Crippen molar-refractivity contribution in [1.29, 1.82) is 0 Å². The van der Waals surface area contributed by atoms with Gasteiger partial charge in [-0.05, 0) is 61.0 Å². The molecule has 0 radical (unpaired) electrons. The molecule has 2 N–H and O–H groups in total. The monoisotopic (exact) mass is 394 g/mol. The highest BCUT2D eigenvalue weighted by atomic mass is 16.5. The number of carbonyl (C=O) groups is 1.